The Hall–Kier alpha value is -3.09. The van der Waals surface area contributed by atoms with E-state index >= 15 is 0 Å². The Morgan fingerprint density at radius 3 is 2.58 bits per heavy atom. The number of halogens is 2. The number of anilines is 1. The number of esters is 1. The molecule has 1 heterocycles. The van der Waals surface area contributed by atoms with E-state index in [-0.39, 0.29) is 36.9 Å². The first-order valence-electron chi connectivity index (χ1n) is 11.4. The molecule has 0 radical (unpaired) electrons. The van der Waals surface area contributed by atoms with Gasteiger partial charge in [0, 0.05) is 28.2 Å². The van der Waals surface area contributed by atoms with Crippen molar-refractivity contribution >= 4 is 62.2 Å². The first-order valence-corrected chi connectivity index (χ1v) is 13.6. The molecular weight excluding hydrogens is 646 g/mol. The fourth-order valence-corrected chi connectivity index (χ4v) is 5.01. The number of fused-ring (bicyclic) bond motifs is 1. The molecule has 200 valence electrons. The first kappa shape index (κ1) is 27.9. The van der Waals surface area contributed by atoms with Crippen LogP contribution in [0.2, 0.25) is 0 Å². The van der Waals surface area contributed by atoms with Gasteiger partial charge in [0.1, 0.15) is 17.6 Å². The standard InChI is InChI=1S/C26H23Br2NO8S/c27-15-10-18(24(31)19(28)11-15)25(37-26(32)29-16-6-7-20-22(12-16)35-14-34-20)21(8-9-33-23(30)13-38)36-17-4-2-1-3-5-17/h1-7,10-12,21,25,31,38H,8-9,13-14H2,(H,29,32)/t21-,25-/m1/s1. The molecule has 1 amide bonds. The number of ether oxygens (including phenoxy) is 5. The molecule has 0 aromatic heterocycles. The molecule has 1 aliphatic rings. The van der Waals surface area contributed by atoms with Crippen molar-refractivity contribution in [3.8, 4) is 23.0 Å². The molecule has 2 N–H and O–H groups in total. The maximum atomic E-state index is 13.1. The lowest BCUT2D eigenvalue weighted by molar-refractivity contribution is -0.141. The lowest BCUT2D eigenvalue weighted by Gasteiger charge is -2.29. The van der Waals surface area contributed by atoms with Gasteiger partial charge >= 0.3 is 12.1 Å². The minimum absolute atomic E-state index is 0.0313. The summed E-state index contributed by atoms with van der Waals surface area (Å²) in [5.74, 6) is 0.834. The molecule has 3 aromatic carbocycles. The van der Waals surface area contributed by atoms with E-state index in [1.54, 1.807) is 54.6 Å². The Labute approximate surface area is 241 Å². The SMILES string of the molecule is O=C(CS)OCC[C@@H](Oc1ccccc1)[C@H](OC(=O)Nc1ccc2c(c1)OCO2)c1cc(Br)cc(Br)c1O. The number of para-hydroxylation sites is 1. The predicted octanol–water partition coefficient (Wildman–Crippen LogP) is 6.25. The van der Waals surface area contributed by atoms with Crippen molar-refractivity contribution in [2.45, 2.75) is 18.6 Å². The molecule has 0 saturated carbocycles. The molecule has 0 saturated heterocycles. The summed E-state index contributed by atoms with van der Waals surface area (Å²) in [6, 6.07) is 17.1. The van der Waals surface area contributed by atoms with Crippen LogP contribution < -0.4 is 19.5 Å². The van der Waals surface area contributed by atoms with Gasteiger partial charge in [-0.25, -0.2) is 4.79 Å². The fourth-order valence-electron chi connectivity index (χ4n) is 3.66. The van der Waals surface area contributed by atoms with Gasteiger partial charge in [0.05, 0.1) is 16.8 Å². The minimum atomic E-state index is -1.12. The zero-order chi connectivity index (χ0) is 27.1. The van der Waals surface area contributed by atoms with E-state index in [9.17, 15) is 14.7 Å². The van der Waals surface area contributed by atoms with Crippen LogP contribution in [0.1, 0.15) is 18.1 Å². The normalized spacial score (nSPS) is 13.3. The number of benzene rings is 3. The van der Waals surface area contributed by atoms with Crippen molar-refractivity contribution < 1.29 is 38.4 Å². The number of carbonyl (C=O) groups excluding carboxylic acids is 2. The van der Waals surface area contributed by atoms with E-state index in [1.165, 1.54) is 0 Å². The van der Waals surface area contributed by atoms with Crippen molar-refractivity contribution in [1.82, 2.24) is 0 Å². The van der Waals surface area contributed by atoms with Crippen LogP contribution in [0.4, 0.5) is 10.5 Å². The molecule has 0 aliphatic carbocycles. The van der Waals surface area contributed by atoms with Gasteiger partial charge in [0.15, 0.2) is 17.6 Å². The highest BCUT2D eigenvalue weighted by atomic mass is 79.9. The summed E-state index contributed by atoms with van der Waals surface area (Å²) in [5.41, 5.74) is 0.689. The van der Waals surface area contributed by atoms with Crippen LogP contribution >= 0.6 is 44.5 Å². The molecule has 0 fully saturated rings. The molecule has 2 atom stereocenters. The van der Waals surface area contributed by atoms with Gasteiger partial charge in [-0.15, -0.1) is 0 Å². The lowest BCUT2D eigenvalue weighted by Crippen LogP contribution is -2.32. The Morgan fingerprint density at radius 1 is 1.05 bits per heavy atom. The predicted molar refractivity (Wildman–Crippen MR) is 149 cm³/mol. The number of carbonyl (C=O) groups is 2. The second-order valence-electron chi connectivity index (χ2n) is 7.98. The Morgan fingerprint density at radius 2 is 1.82 bits per heavy atom. The molecule has 12 heteroatoms. The van der Waals surface area contributed by atoms with Crippen molar-refractivity contribution in [2.24, 2.45) is 0 Å². The lowest BCUT2D eigenvalue weighted by atomic mass is 10.0. The van der Waals surface area contributed by atoms with E-state index < -0.39 is 24.3 Å². The van der Waals surface area contributed by atoms with Crippen LogP contribution in [-0.4, -0.2) is 42.4 Å². The summed E-state index contributed by atoms with van der Waals surface area (Å²) in [4.78, 5) is 24.8. The second-order valence-corrected chi connectivity index (χ2v) is 10.1. The molecule has 0 spiro atoms. The van der Waals surface area contributed by atoms with Gasteiger partial charge in [-0.1, -0.05) is 34.1 Å². The average Bonchev–Trinajstić information content (AvgIpc) is 3.37. The van der Waals surface area contributed by atoms with Gasteiger partial charge in [-0.3, -0.25) is 10.1 Å². The van der Waals surface area contributed by atoms with E-state index in [0.29, 0.717) is 31.9 Å². The van der Waals surface area contributed by atoms with Crippen molar-refractivity contribution in [1.29, 1.82) is 0 Å². The van der Waals surface area contributed by atoms with E-state index in [2.05, 4.69) is 49.8 Å². The summed E-state index contributed by atoms with van der Waals surface area (Å²) >= 11 is 10.7. The Balaban J connectivity index is 1.64. The number of hydrogen-bond donors (Lipinski definition) is 3. The third-order valence-corrected chi connectivity index (χ3v) is 6.70. The zero-order valence-electron chi connectivity index (χ0n) is 19.8. The minimum Gasteiger partial charge on any atom is -0.506 e. The number of phenolic OH excluding ortho intramolecular Hbond substituents is 1. The van der Waals surface area contributed by atoms with Crippen LogP contribution in [0, 0.1) is 0 Å². The molecule has 4 rings (SSSR count). The first-order chi connectivity index (χ1) is 18.3. The summed E-state index contributed by atoms with van der Waals surface area (Å²) in [6.07, 6.45) is -2.65. The third-order valence-electron chi connectivity index (χ3n) is 5.38. The number of amides is 1. The van der Waals surface area contributed by atoms with Crippen molar-refractivity contribution in [3.63, 3.8) is 0 Å². The molecular formula is C26H23Br2NO8S. The van der Waals surface area contributed by atoms with Gasteiger partial charge in [0.2, 0.25) is 6.79 Å². The van der Waals surface area contributed by atoms with Crippen molar-refractivity contribution in [2.75, 3.05) is 24.5 Å². The van der Waals surface area contributed by atoms with E-state index in [1.807, 2.05) is 6.07 Å². The number of nitrogens with one attached hydrogen (secondary N) is 1. The van der Waals surface area contributed by atoms with Crippen LogP contribution in [0.25, 0.3) is 0 Å². The quantitative estimate of drug-likeness (QED) is 0.172. The molecule has 1 aliphatic heterocycles. The third kappa shape index (κ3) is 7.27. The van der Waals surface area contributed by atoms with Crippen LogP contribution in [0.3, 0.4) is 0 Å². The highest BCUT2D eigenvalue weighted by molar-refractivity contribution is 9.11. The Kier molecular flexibility index (Phi) is 9.64. The number of rotatable bonds is 10. The molecule has 38 heavy (non-hydrogen) atoms. The zero-order valence-corrected chi connectivity index (χ0v) is 23.8. The van der Waals surface area contributed by atoms with Gasteiger partial charge in [0.25, 0.3) is 0 Å². The van der Waals surface area contributed by atoms with Crippen LogP contribution in [-0.2, 0) is 14.3 Å². The molecule has 9 nitrogen and oxygen atoms in total. The highest BCUT2D eigenvalue weighted by Gasteiger charge is 2.33. The number of phenols is 1. The topological polar surface area (TPSA) is 113 Å². The average molecular weight is 669 g/mol. The monoisotopic (exact) mass is 667 g/mol. The number of aromatic hydroxyl groups is 1. The molecule has 0 bridgehead atoms. The summed E-state index contributed by atoms with van der Waals surface area (Å²) in [6.45, 7) is 0.0646. The molecule has 0 unspecified atom stereocenters. The van der Waals surface area contributed by atoms with Gasteiger partial charge in [-0.05, 0) is 52.3 Å². The number of hydrogen-bond acceptors (Lipinski definition) is 9. The smallest absolute Gasteiger partial charge is 0.412 e. The van der Waals surface area contributed by atoms with E-state index in [4.69, 9.17) is 23.7 Å². The highest BCUT2D eigenvalue weighted by Crippen LogP contribution is 2.40. The summed E-state index contributed by atoms with van der Waals surface area (Å²) in [7, 11) is 0. The molecule has 3 aromatic rings. The maximum Gasteiger partial charge on any atom is 0.412 e. The maximum absolute atomic E-state index is 13.1. The van der Waals surface area contributed by atoms with Gasteiger partial charge < -0.3 is 28.8 Å². The Bertz CT molecular complexity index is 1290. The van der Waals surface area contributed by atoms with Crippen LogP contribution in [0.15, 0.2) is 69.6 Å². The number of thiol groups is 1. The van der Waals surface area contributed by atoms with E-state index in [0.717, 1.165) is 0 Å². The largest absolute Gasteiger partial charge is 0.506 e. The van der Waals surface area contributed by atoms with Crippen molar-refractivity contribution in [3.05, 3.63) is 75.2 Å². The van der Waals surface area contributed by atoms with Gasteiger partial charge in [-0.2, -0.15) is 12.6 Å². The summed E-state index contributed by atoms with van der Waals surface area (Å²) < 4.78 is 29.0. The van der Waals surface area contributed by atoms with Crippen LogP contribution in [0.5, 0.6) is 23.0 Å². The summed E-state index contributed by atoms with van der Waals surface area (Å²) in [5, 5.41) is 13.6. The second kappa shape index (κ2) is 13.1. The fraction of sp³-hybridized carbons (Fsp3) is 0.231.